The summed E-state index contributed by atoms with van der Waals surface area (Å²) in [7, 11) is 0. The molecule has 5 heteroatoms. The van der Waals surface area contributed by atoms with E-state index in [1.165, 1.54) is 4.90 Å². The highest BCUT2D eigenvalue weighted by Crippen LogP contribution is 2.29. The maximum Gasteiger partial charge on any atom is 0.326 e. The molecule has 5 nitrogen and oxygen atoms in total. The minimum atomic E-state index is -0.883. The first kappa shape index (κ1) is 12.2. The van der Waals surface area contributed by atoms with E-state index in [2.05, 4.69) is 12.2 Å². The molecule has 2 amide bonds. The average Bonchev–Trinajstić information content (AvgIpc) is 2.99. The highest BCUT2D eigenvalue weighted by Gasteiger charge is 2.37. The van der Waals surface area contributed by atoms with Gasteiger partial charge in [-0.1, -0.05) is 19.8 Å². The van der Waals surface area contributed by atoms with Gasteiger partial charge in [0.1, 0.15) is 6.04 Å². The smallest absolute Gasteiger partial charge is 0.326 e. The molecule has 3 atom stereocenters. The number of nitrogens with one attached hydrogen (secondary N) is 1. The number of amides is 2. The second-order valence-electron chi connectivity index (χ2n) is 5.17. The van der Waals surface area contributed by atoms with Gasteiger partial charge >= 0.3 is 12.0 Å². The standard InChI is InChI=1S/C12H20N2O3/c1-8-7-9(8)13-12(17)14-6-4-2-3-5-10(14)11(15)16/h8-10H,2-7H2,1H3,(H,13,17)(H,15,16). The topological polar surface area (TPSA) is 69.6 Å². The van der Waals surface area contributed by atoms with Gasteiger partial charge in [-0.05, 0) is 25.2 Å². The molecule has 2 N–H and O–H groups in total. The molecule has 0 spiro atoms. The number of carbonyl (C=O) groups excluding carboxylic acids is 1. The molecule has 17 heavy (non-hydrogen) atoms. The normalized spacial score (nSPS) is 32.8. The maximum absolute atomic E-state index is 12.0. The molecule has 1 aliphatic heterocycles. The molecule has 2 fully saturated rings. The lowest BCUT2D eigenvalue weighted by atomic mass is 10.1. The summed E-state index contributed by atoms with van der Waals surface area (Å²) in [5.74, 6) is -0.347. The second-order valence-corrected chi connectivity index (χ2v) is 5.17. The van der Waals surface area contributed by atoms with Crippen LogP contribution in [0.25, 0.3) is 0 Å². The van der Waals surface area contributed by atoms with Gasteiger partial charge in [0.25, 0.3) is 0 Å². The van der Waals surface area contributed by atoms with E-state index in [1.54, 1.807) is 0 Å². The van der Waals surface area contributed by atoms with Crippen molar-refractivity contribution in [1.29, 1.82) is 0 Å². The van der Waals surface area contributed by atoms with Crippen LogP contribution in [-0.4, -0.2) is 40.6 Å². The van der Waals surface area contributed by atoms with Gasteiger partial charge in [0, 0.05) is 12.6 Å². The maximum atomic E-state index is 12.0. The van der Waals surface area contributed by atoms with E-state index in [0.29, 0.717) is 18.9 Å². The third-order valence-electron chi connectivity index (χ3n) is 3.72. The van der Waals surface area contributed by atoms with Crippen LogP contribution in [0.5, 0.6) is 0 Å². The lowest BCUT2D eigenvalue weighted by Crippen LogP contribution is -2.50. The number of hydrogen-bond acceptors (Lipinski definition) is 2. The number of carboxylic acid groups (broad SMARTS) is 1. The average molecular weight is 240 g/mol. The van der Waals surface area contributed by atoms with Gasteiger partial charge in [0.05, 0.1) is 0 Å². The van der Waals surface area contributed by atoms with Gasteiger partial charge in [-0.25, -0.2) is 9.59 Å². The zero-order valence-corrected chi connectivity index (χ0v) is 10.2. The van der Waals surface area contributed by atoms with E-state index >= 15 is 0 Å². The fourth-order valence-corrected chi connectivity index (χ4v) is 2.37. The number of hydrogen-bond donors (Lipinski definition) is 2. The van der Waals surface area contributed by atoms with Gasteiger partial charge in [0.2, 0.25) is 0 Å². The number of rotatable bonds is 2. The Bertz CT molecular complexity index is 319. The van der Waals surface area contributed by atoms with Crippen LogP contribution in [-0.2, 0) is 4.79 Å². The molecule has 0 radical (unpaired) electrons. The van der Waals surface area contributed by atoms with E-state index in [-0.39, 0.29) is 12.1 Å². The molecule has 96 valence electrons. The molecule has 3 unspecified atom stereocenters. The Hall–Kier alpha value is -1.26. The van der Waals surface area contributed by atoms with Crippen molar-refractivity contribution in [3.63, 3.8) is 0 Å². The summed E-state index contributed by atoms with van der Waals surface area (Å²) in [6.07, 6.45) is 4.38. The fourth-order valence-electron chi connectivity index (χ4n) is 2.37. The van der Waals surface area contributed by atoms with Crippen LogP contribution in [0, 0.1) is 5.92 Å². The van der Waals surface area contributed by atoms with Crippen molar-refractivity contribution in [3.05, 3.63) is 0 Å². The second kappa shape index (κ2) is 4.94. The van der Waals surface area contributed by atoms with Crippen molar-refractivity contribution in [2.75, 3.05) is 6.54 Å². The van der Waals surface area contributed by atoms with E-state index in [0.717, 1.165) is 25.7 Å². The minimum absolute atomic E-state index is 0.200. The Morgan fingerprint density at radius 1 is 1.29 bits per heavy atom. The van der Waals surface area contributed by atoms with Crippen LogP contribution in [0.4, 0.5) is 4.79 Å². The van der Waals surface area contributed by atoms with Gasteiger partial charge in [0.15, 0.2) is 0 Å². The van der Waals surface area contributed by atoms with Crippen molar-refractivity contribution in [3.8, 4) is 0 Å². The van der Waals surface area contributed by atoms with E-state index in [9.17, 15) is 9.59 Å². The lowest BCUT2D eigenvalue weighted by Gasteiger charge is -2.27. The number of carbonyl (C=O) groups is 2. The van der Waals surface area contributed by atoms with Gasteiger partial charge in [-0.3, -0.25) is 0 Å². The minimum Gasteiger partial charge on any atom is -0.480 e. The third kappa shape index (κ3) is 2.90. The molecule has 1 saturated heterocycles. The Morgan fingerprint density at radius 2 is 2.00 bits per heavy atom. The summed E-state index contributed by atoms with van der Waals surface area (Å²) in [5, 5.41) is 12.1. The highest BCUT2D eigenvalue weighted by atomic mass is 16.4. The molecule has 1 saturated carbocycles. The summed E-state index contributed by atoms with van der Waals surface area (Å²) >= 11 is 0. The quantitative estimate of drug-likeness (QED) is 0.767. The Balaban J connectivity index is 1.98. The predicted molar refractivity (Wildman–Crippen MR) is 62.7 cm³/mol. The highest BCUT2D eigenvalue weighted by molar-refractivity contribution is 5.83. The van der Waals surface area contributed by atoms with E-state index in [4.69, 9.17) is 5.11 Å². The number of carboxylic acids is 1. The van der Waals surface area contributed by atoms with E-state index in [1.807, 2.05) is 0 Å². The van der Waals surface area contributed by atoms with Crippen LogP contribution in [0.3, 0.4) is 0 Å². The number of aliphatic carboxylic acids is 1. The molecule has 2 aliphatic rings. The summed E-state index contributed by atoms with van der Waals surface area (Å²) in [6.45, 7) is 2.64. The van der Waals surface area contributed by atoms with Crippen LogP contribution in [0.1, 0.15) is 39.0 Å². The van der Waals surface area contributed by atoms with Crippen LogP contribution >= 0.6 is 0 Å². The van der Waals surface area contributed by atoms with Crippen molar-refractivity contribution in [2.24, 2.45) is 5.92 Å². The Morgan fingerprint density at radius 3 is 2.59 bits per heavy atom. The molecule has 1 heterocycles. The van der Waals surface area contributed by atoms with Crippen molar-refractivity contribution < 1.29 is 14.7 Å². The lowest BCUT2D eigenvalue weighted by molar-refractivity contribution is -0.142. The molecule has 0 aromatic heterocycles. The van der Waals surface area contributed by atoms with Gasteiger partial charge in [-0.15, -0.1) is 0 Å². The zero-order chi connectivity index (χ0) is 12.4. The summed E-state index contributed by atoms with van der Waals surface area (Å²) in [4.78, 5) is 24.7. The van der Waals surface area contributed by atoms with Crippen LogP contribution in [0.2, 0.25) is 0 Å². The molecule has 1 aliphatic carbocycles. The fraction of sp³-hybridized carbons (Fsp3) is 0.833. The summed E-state index contributed by atoms with van der Waals surface area (Å²) in [6, 6.07) is -0.597. The number of nitrogens with zero attached hydrogens (tertiary/aromatic N) is 1. The van der Waals surface area contributed by atoms with E-state index < -0.39 is 12.0 Å². The molecule has 0 bridgehead atoms. The predicted octanol–water partition coefficient (Wildman–Crippen LogP) is 1.43. The molecular formula is C12H20N2O3. The van der Waals surface area contributed by atoms with Crippen molar-refractivity contribution in [1.82, 2.24) is 10.2 Å². The first-order valence-corrected chi connectivity index (χ1v) is 6.39. The van der Waals surface area contributed by atoms with Crippen molar-refractivity contribution >= 4 is 12.0 Å². The SMILES string of the molecule is CC1CC1NC(=O)N1CCCCCC1C(=O)O. The first-order chi connectivity index (χ1) is 8.09. The van der Waals surface area contributed by atoms with Crippen LogP contribution in [0.15, 0.2) is 0 Å². The molecule has 0 aromatic rings. The Labute approximate surface area is 101 Å². The molecule has 2 rings (SSSR count). The van der Waals surface area contributed by atoms with Crippen molar-refractivity contribution in [2.45, 2.75) is 51.1 Å². The van der Waals surface area contributed by atoms with Gasteiger partial charge in [-0.2, -0.15) is 0 Å². The van der Waals surface area contributed by atoms with Crippen LogP contribution < -0.4 is 5.32 Å². The summed E-state index contributed by atoms with van der Waals surface area (Å²) in [5.41, 5.74) is 0. The first-order valence-electron chi connectivity index (χ1n) is 6.39. The number of likely N-dealkylation sites (tertiary alicyclic amines) is 1. The third-order valence-corrected chi connectivity index (χ3v) is 3.72. The Kier molecular flexibility index (Phi) is 3.54. The zero-order valence-electron chi connectivity index (χ0n) is 10.2. The largest absolute Gasteiger partial charge is 0.480 e. The monoisotopic (exact) mass is 240 g/mol. The molecule has 0 aromatic carbocycles. The summed E-state index contributed by atoms with van der Waals surface area (Å²) < 4.78 is 0. The number of urea groups is 1. The molecular weight excluding hydrogens is 220 g/mol. The van der Waals surface area contributed by atoms with Gasteiger partial charge < -0.3 is 15.3 Å².